The van der Waals surface area contributed by atoms with Crippen LogP contribution in [0.4, 0.5) is 0 Å². The Morgan fingerprint density at radius 1 is 1.22 bits per heavy atom. The average molecular weight is 312 g/mol. The first-order valence-electron chi connectivity index (χ1n) is 5.99. The van der Waals surface area contributed by atoms with E-state index in [0.29, 0.717) is 0 Å². The first-order chi connectivity index (χ1) is 8.19. The van der Waals surface area contributed by atoms with Gasteiger partial charge in [0, 0.05) is 0 Å². The van der Waals surface area contributed by atoms with E-state index >= 15 is 0 Å². The van der Waals surface area contributed by atoms with E-state index in [2.05, 4.69) is 26.0 Å². The zero-order chi connectivity index (χ0) is 11.9. The van der Waals surface area contributed by atoms with Crippen LogP contribution in [0.25, 0.3) is 5.65 Å². The second kappa shape index (κ2) is 4.95. The predicted molar refractivity (Wildman–Crippen MR) is 74.7 cm³/mol. The Labute approximate surface area is 114 Å². The van der Waals surface area contributed by atoms with Crippen molar-refractivity contribution in [2.75, 3.05) is 0 Å². The standard InChI is InChI=1S/C12H15BrN4.H3N/c13-10-8-15-11-5-4-9(16-17(10)11)12(14)6-2-1-3-7-12;/h4-5,8H,1-3,6-7,14H2;1H3. The Morgan fingerprint density at radius 2 is 1.94 bits per heavy atom. The zero-order valence-corrected chi connectivity index (χ0v) is 11.9. The average Bonchev–Trinajstić information content (AvgIpc) is 2.72. The number of imidazole rings is 1. The summed E-state index contributed by atoms with van der Waals surface area (Å²) in [5.41, 5.74) is 8.05. The van der Waals surface area contributed by atoms with Crippen LogP contribution in [0.1, 0.15) is 37.8 Å². The minimum atomic E-state index is -0.254. The number of halogens is 1. The molecule has 2 heterocycles. The summed E-state index contributed by atoms with van der Waals surface area (Å²) in [5.74, 6) is 0. The van der Waals surface area contributed by atoms with Gasteiger partial charge in [-0.2, -0.15) is 5.10 Å². The van der Waals surface area contributed by atoms with Crippen molar-refractivity contribution in [2.24, 2.45) is 5.73 Å². The first kappa shape index (κ1) is 13.5. The van der Waals surface area contributed by atoms with E-state index in [4.69, 9.17) is 5.73 Å². The van der Waals surface area contributed by atoms with Gasteiger partial charge in [-0.15, -0.1) is 0 Å². The van der Waals surface area contributed by atoms with Gasteiger partial charge >= 0.3 is 0 Å². The van der Waals surface area contributed by atoms with Crippen molar-refractivity contribution in [3.8, 4) is 0 Å². The molecule has 0 aliphatic heterocycles. The molecule has 0 atom stereocenters. The third-order valence-corrected chi connectivity index (χ3v) is 4.12. The molecular weight excluding hydrogens is 294 g/mol. The molecule has 3 rings (SSSR count). The largest absolute Gasteiger partial charge is 0.344 e. The Balaban J connectivity index is 0.00000120. The summed E-state index contributed by atoms with van der Waals surface area (Å²) in [6.45, 7) is 0. The molecule has 5 N–H and O–H groups in total. The molecule has 1 aliphatic carbocycles. The smallest absolute Gasteiger partial charge is 0.154 e. The van der Waals surface area contributed by atoms with Crippen LogP contribution in [0.3, 0.4) is 0 Å². The normalized spacial score (nSPS) is 18.6. The van der Waals surface area contributed by atoms with Crippen LogP contribution in [0.2, 0.25) is 0 Å². The topological polar surface area (TPSA) is 91.2 Å². The maximum absolute atomic E-state index is 6.48. The van der Waals surface area contributed by atoms with Crippen molar-refractivity contribution in [2.45, 2.75) is 37.6 Å². The van der Waals surface area contributed by atoms with Crippen molar-refractivity contribution in [3.05, 3.63) is 28.6 Å². The maximum atomic E-state index is 6.48. The molecular formula is C12H18BrN5. The molecule has 0 bridgehead atoms. The molecule has 0 amide bonds. The van der Waals surface area contributed by atoms with Gasteiger partial charge in [-0.3, -0.25) is 0 Å². The van der Waals surface area contributed by atoms with Crippen molar-refractivity contribution in [1.82, 2.24) is 20.7 Å². The summed E-state index contributed by atoms with van der Waals surface area (Å²) in [5, 5.41) is 4.61. The van der Waals surface area contributed by atoms with E-state index in [0.717, 1.165) is 28.8 Å². The van der Waals surface area contributed by atoms with Crippen LogP contribution in [-0.2, 0) is 5.54 Å². The monoisotopic (exact) mass is 311 g/mol. The molecule has 0 radical (unpaired) electrons. The molecule has 2 aromatic rings. The van der Waals surface area contributed by atoms with Crippen molar-refractivity contribution >= 4 is 21.6 Å². The minimum absolute atomic E-state index is 0. The number of nitrogens with two attached hydrogens (primary N) is 1. The zero-order valence-electron chi connectivity index (χ0n) is 10.3. The summed E-state index contributed by atoms with van der Waals surface area (Å²) < 4.78 is 2.67. The van der Waals surface area contributed by atoms with Gasteiger partial charge in [-0.1, -0.05) is 19.3 Å². The number of aromatic nitrogens is 3. The van der Waals surface area contributed by atoms with Gasteiger partial charge in [0.15, 0.2) is 5.65 Å². The summed E-state index contributed by atoms with van der Waals surface area (Å²) in [7, 11) is 0. The summed E-state index contributed by atoms with van der Waals surface area (Å²) in [4.78, 5) is 4.24. The van der Waals surface area contributed by atoms with Gasteiger partial charge in [0.25, 0.3) is 0 Å². The molecule has 0 spiro atoms. The van der Waals surface area contributed by atoms with E-state index < -0.39 is 0 Å². The second-order valence-electron chi connectivity index (χ2n) is 4.79. The molecule has 1 saturated carbocycles. The molecule has 1 aliphatic rings. The highest BCUT2D eigenvalue weighted by Crippen LogP contribution is 2.33. The molecule has 2 aromatic heterocycles. The molecule has 98 valence electrons. The highest BCUT2D eigenvalue weighted by molar-refractivity contribution is 9.10. The lowest BCUT2D eigenvalue weighted by atomic mass is 9.80. The first-order valence-corrected chi connectivity index (χ1v) is 6.78. The molecule has 18 heavy (non-hydrogen) atoms. The van der Waals surface area contributed by atoms with Gasteiger partial charge in [-0.25, -0.2) is 9.50 Å². The molecule has 5 nitrogen and oxygen atoms in total. The molecule has 6 heteroatoms. The highest BCUT2D eigenvalue weighted by Gasteiger charge is 2.31. The minimum Gasteiger partial charge on any atom is -0.344 e. The summed E-state index contributed by atoms with van der Waals surface area (Å²) >= 11 is 3.44. The lowest BCUT2D eigenvalue weighted by molar-refractivity contribution is 0.292. The van der Waals surface area contributed by atoms with E-state index in [1.54, 1.807) is 10.7 Å². The Kier molecular flexibility index (Phi) is 3.70. The lowest BCUT2D eigenvalue weighted by Crippen LogP contribution is -2.39. The van der Waals surface area contributed by atoms with E-state index in [1.165, 1.54) is 19.3 Å². The van der Waals surface area contributed by atoms with E-state index in [-0.39, 0.29) is 11.7 Å². The number of fused-ring (bicyclic) bond motifs is 1. The lowest BCUT2D eigenvalue weighted by Gasteiger charge is -2.32. The predicted octanol–water partition coefficient (Wildman–Crippen LogP) is 2.77. The molecule has 0 aromatic carbocycles. The van der Waals surface area contributed by atoms with Crippen LogP contribution in [-0.4, -0.2) is 14.6 Å². The van der Waals surface area contributed by atoms with Crippen LogP contribution in [0.15, 0.2) is 22.9 Å². The van der Waals surface area contributed by atoms with Gasteiger partial charge in [0.05, 0.1) is 17.4 Å². The fourth-order valence-electron chi connectivity index (χ4n) is 2.55. The third kappa shape index (κ3) is 2.15. The molecule has 0 unspecified atom stereocenters. The summed E-state index contributed by atoms with van der Waals surface area (Å²) in [6.07, 6.45) is 7.49. The quantitative estimate of drug-likeness (QED) is 0.847. The molecule has 1 fully saturated rings. The third-order valence-electron chi connectivity index (χ3n) is 3.58. The Bertz CT molecular complexity index is 544. The van der Waals surface area contributed by atoms with E-state index in [9.17, 15) is 0 Å². The Hall–Kier alpha value is -0.980. The maximum Gasteiger partial charge on any atom is 0.154 e. The van der Waals surface area contributed by atoms with Crippen LogP contribution < -0.4 is 11.9 Å². The fraction of sp³-hybridized carbons (Fsp3) is 0.500. The van der Waals surface area contributed by atoms with Gasteiger partial charge in [0.2, 0.25) is 0 Å². The van der Waals surface area contributed by atoms with Crippen molar-refractivity contribution < 1.29 is 0 Å². The SMILES string of the molecule is N.NC1(c2ccc3ncc(Br)n3n2)CCCCC1. The second-order valence-corrected chi connectivity index (χ2v) is 5.60. The number of rotatable bonds is 1. The summed E-state index contributed by atoms with van der Waals surface area (Å²) in [6, 6.07) is 4.00. The fourth-order valence-corrected chi connectivity index (χ4v) is 2.91. The number of nitrogens with zero attached hydrogens (tertiary/aromatic N) is 3. The number of hydrogen-bond donors (Lipinski definition) is 2. The van der Waals surface area contributed by atoms with Crippen molar-refractivity contribution in [3.63, 3.8) is 0 Å². The van der Waals surface area contributed by atoms with Gasteiger partial charge in [0.1, 0.15) is 4.60 Å². The Morgan fingerprint density at radius 3 is 2.67 bits per heavy atom. The van der Waals surface area contributed by atoms with Crippen LogP contribution >= 0.6 is 15.9 Å². The van der Waals surface area contributed by atoms with Crippen LogP contribution in [0.5, 0.6) is 0 Å². The van der Waals surface area contributed by atoms with Gasteiger partial charge < -0.3 is 11.9 Å². The highest BCUT2D eigenvalue weighted by atomic mass is 79.9. The van der Waals surface area contributed by atoms with E-state index in [1.807, 2.05) is 12.1 Å². The van der Waals surface area contributed by atoms with Crippen LogP contribution in [0, 0.1) is 0 Å². The van der Waals surface area contributed by atoms with Gasteiger partial charge in [-0.05, 0) is 40.9 Å². The van der Waals surface area contributed by atoms with Crippen molar-refractivity contribution in [1.29, 1.82) is 0 Å². The number of hydrogen-bond acceptors (Lipinski definition) is 4. The molecule has 0 saturated heterocycles.